The minimum absolute atomic E-state index is 0.0185. The molecule has 0 spiro atoms. The number of para-hydroxylation sites is 1. The fraction of sp³-hybridized carbons (Fsp3) is 0.419. The molecule has 0 aliphatic rings. The molecular weight excluding hydrogens is 630 g/mol. The number of anilines is 3. The van der Waals surface area contributed by atoms with E-state index in [1.54, 1.807) is 11.8 Å². The van der Waals surface area contributed by atoms with Gasteiger partial charge >= 0.3 is 0 Å². The third kappa shape index (κ3) is 10.3. The number of azo groups is 1. The molecule has 3 aromatic rings. The van der Waals surface area contributed by atoms with Gasteiger partial charge in [0, 0.05) is 49.6 Å². The van der Waals surface area contributed by atoms with E-state index in [1.165, 1.54) is 26.4 Å². The van der Waals surface area contributed by atoms with Crippen molar-refractivity contribution in [2.75, 3.05) is 89.8 Å². The molecule has 15 nitrogen and oxygen atoms in total. The van der Waals surface area contributed by atoms with Crippen LogP contribution in [0.1, 0.15) is 11.1 Å². The SMILES string of the molecule is COc1cc(S(=O)(=O)CCN(CCO)CCO)c(OC)cc1N=Nc1c(NCCOCCO)nc(Nc2ccccc2)c(C#N)c1C. The molecule has 47 heavy (non-hydrogen) atoms. The molecule has 254 valence electrons. The van der Waals surface area contributed by atoms with E-state index in [2.05, 4.69) is 31.9 Å². The number of ether oxygens (including phenoxy) is 3. The first kappa shape index (κ1) is 37.1. The second kappa shape index (κ2) is 18.7. The predicted octanol–water partition coefficient (Wildman–Crippen LogP) is 2.92. The van der Waals surface area contributed by atoms with Crippen LogP contribution in [0.4, 0.5) is 28.7 Å². The smallest absolute Gasteiger partial charge is 0.183 e. The minimum atomic E-state index is -3.89. The van der Waals surface area contributed by atoms with Crippen LogP contribution in [0, 0.1) is 18.3 Å². The van der Waals surface area contributed by atoms with Gasteiger partial charge in [-0.15, -0.1) is 10.2 Å². The number of methoxy groups -OCH3 is 2. The second-order valence-electron chi connectivity index (χ2n) is 10.0. The maximum absolute atomic E-state index is 13.4. The largest absolute Gasteiger partial charge is 0.495 e. The van der Waals surface area contributed by atoms with E-state index in [1.807, 2.05) is 30.3 Å². The Morgan fingerprint density at radius 1 is 0.936 bits per heavy atom. The number of aromatic nitrogens is 1. The molecule has 0 unspecified atom stereocenters. The average Bonchev–Trinajstić information content (AvgIpc) is 3.07. The number of rotatable bonds is 20. The molecule has 0 fully saturated rings. The first-order valence-electron chi connectivity index (χ1n) is 14.8. The molecule has 3 rings (SSSR count). The van der Waals surface area contributed by atoms with Crippen molar-refractivity contribution in [2.24, 2.45) is 10.2 Å². The molecule has 2 aromatic carbocycles. The lowest BCUT2D eigenvalue weighted by Crippen LogP contribution is -2.34. The standard InChI is InChI=1S/C31H41N7O8S/c1-22-24(21-32)30(34-23-7-5-4-6-8-23)35-31(33-9-16-46-17-15-41)29(22)37-36-25-19-27(45-3)28(20-26(25)44-2)47(42,43)18-12-38(10-13-39)11-14-40/h4-8,19-20,39-41H,9-18H2,1-3H3,(H2,33,34,35). The summed E-state index contributed by atoms with van der Waals surface area (Å²) in [5.41, 5.74) is 1.86. The van der Waals surface area contributed by atoms with Crippen LogP contribution in [-0.4, -0.2) is 113 Å². The van der Waals surface area contributed by atoms with E-state index in [0.717, 1.165) is 5.69 Å². The van der Waals surface area contributed by atoms with Gasteiger partial charge in [0.2, 0.25) is 0 Å². The molecule has 0 saturated heterocycles. The number of hydrogen-bond acceptors (Lipinski definition) is 15. The van der Waals surface area contributed by atoms with Gasteiger partial charge < -0.3 is 40.2 Å². The van der Waals surface area contributed by atoms with Crippen molar-refractivity contribution in [3.8, 4) is 17.6 Å². The molecule has 16 heteroatoms. The summed E-state index contributed by atoms with van der Waals surface area (Å²) in [6.45, 7) is 2.50. The molecule has 1 aromatic heterocycles. The van der Waals surface area contributed by atoms with Crippen LogP contribution in [0.15, 0.2) is 57.6 Å². The van der Waals surface area contributed by atoms with Crippen molar-refractivity contribution in [2.45, 2.75) is 11.8 Å². The number of pyridine rings is 1. The highest BCUT2D eigenvalue weighted by Crippen LogP contribution is 2.40. The number of nitrogens with one attached hydrogen (secondary N) is 2. The van der Waals surface area contributed by atoms with Crippen molar-refractivity contribution >= 4 is 38.5 Å². The Hall–Kier alpha value is -4.37. The topological polar surface area (TPSA) is 211 Å². The van der Waals surface area contributed by atoms with Gasteiger partial charge in [-0.1, -0.05) is 18.2 Å². The Morgan fingerprint density at radius 3 is 2.26 bits per heavy atom. The molecule has 0 aliphatic carbocycles. The van der Waals surface area contributed by atoms with Gasteiger partial charge in [0.15, 0.2) is 21.5 Å². The van der Waals surface area contributed by atoms with Crippen LogP contribution < -0.4 is 20.1 Å². The summed E-state index contributed by atoms with van der Waals surface area (Å²) in [5, 5.41) is 52.7. The van der Waals surface area contributed by atoms with E-state index in [-0.39, 0.29) is 91.8 Å². The number of sulfone groups is 1. The molecule has 0 aliphatic heterocycles. The van der Waals surface area contributed by atoms with Gasteiger partial charge in [-0.05, 0) is 19.1 Å². The van der Waals surface area contributed by atoms with Gasteiger partial charge in [0.25, 0.3) is 0 Å². The van der Waals surface area contributed by atoms with Gasteiger partial charge in [0.1, 0.15) is 33.8 Å². The lowest BCUT2D eigenvalue weighted by Gasteiger charge is -2.20. The van der Waals surface area contributed by atoms with Crippen LogP contribution in [0.2, 0.25) is 0 Å². The lowest BCUT2D eigenvalue weighted by molar-refractivity contribution is 0.0992. The Bertz CT molecular complexity index is 1630. The number of benzene rings is 2. The Morgan fingerprint density at radius 2 is 1.64 bits per heavy atom. The third-order valence-corrected chi connectivity index (χ3v) is 8.61. The summed E-state index contributed by atoms with van der Waals surface area (Å²) >= 11 is 0. The molecule has 0 saturated carbocycles. The molecule has 0 radical (unpaired) electrons. The summed E-state index contributed by atoms with van der Waals surface area (Å²) in [7, 11) is -1.20. The summed E-state index contributed by atoms with van der Waals surface area (Å²) in [6.07, 6.45) is 0. The summed E-state index contributed by atoms with van der Waals surface area (Å²) in [5.74, 6) is 0.437. The normalized spacial score (nSPS) is 11.5. The minimum Gasteiger partial charge on any atom is -0.495 e. The number of aliphatic hydroxyl groups is 3. The number of nitrogens with zero attached hydrogens (tertiary/aromatic N) is 5. The quantitative estimate of drug-likeness (QED) is 0.0865. The molecule has 1 heterocycles. The lowest BCUT2D eigenvalue weighted by atomic mass is 10.1. The van der Waals surface area contributed by atoms with E-state index < -0.39 is 9.84 Å². The summed E-state index contributed by atoms with van der Waals surface area (Å²) < 4.78 is 43.0. The van der Waals surface area contributed by atoms with Gasteiger partial charge in [-0.2, -0.15) is 5.26 Å². The van der Waals surface area contributed by atoms with Gasteiger partial charge in [-0.3, -0.25) is 4.90 Å². The number of nitriles is 1. The first-order valence-corrected chi connectivity index (χ1v) is 16.4. The van der Waals surface area contributed by atoms with E-state index in [9.17, 15) is 23.9 Å². The maximum Gasteiger partial charge on any atom is 0.183 e. The third-order valence-electron chi connectivity index (χ3n) is 6.90. The second-order valence-corrected chi connectivity index (χ2v) is 12.1. The molecule has 0 bridgehead atoms. The van der Waals surface area contributed by atoms with Crippen LogP contribution in [0.25, 0.3) is 0 Å². The van der Waals surface area contributed by atoms with E-state index >= 15 is 0 Å². The monoisotopic (exact) mass is 671 g/mol. The maximum atomic E-state index is 13.4. The van der Waals surface area contributed by atoms with E-state index in [4.69, 9.17) is 19.3 Å². The van der Waals surface area contributed by atoms with Crippen molar-refractivity contribution in [3.63, 3.8) is 0 Å². The Labute approximate surface area is 274 Å². The highest BCUT2D eigenvalue weighted by atomic mass is 32.2. The van der Waals surface area contributed by atoms with Gasteiger partial charge in [0.05, 0.1) is 58.6 Å². The van der Waals surface area contributed by atoms with Crippen LogP contribution >= 0.6 is 0 Å². The zero-order valence-corrected chi connectivity index (χ0v) is 27.5. The fourth-order valence-corrected chi connectivity index (χ4v) is 5.94. The number of hydrogen-bond donors (Lipinski definition) is 5. The Balaban J connectivity index is 2.03. The zero-order valence-electron chi connectivity index (χ0n) is 26.6. The first-order chi connectivity index (χ1) is 22.7. The Kier molecular flexibility index (Phi) is 14.8. The molecule has 5 N–H and O–H groups in total. The zero-order chi connectivity index (χ0) is 34.2. The van der Waals surface area contributed by atoms with Crippen molar-refractivity contribution in [1.29, 1.82) is 5.26 Å². The van der Waals surface area contributed by atoms with E-state index in [0.29, 0.717) is 23.7 Å². The van der Waals surface area contributed by atoms with Crippen LogP contribution in [0.3, 0.4) is 0 Å². The van der Waals surface area contributed by atoms with Crippen molar-refractivity contribution < 1.29 is 37.9 Å². The molecule has 0 amide bonds. The van der Waals surface area contributed by atoms with Crippen molar-refractivity contribution in [3.05, 3.63) is 53.6 Å². The number of aliphatic hydroxyl groups excluding tert-OH is 3. The van der Waals surface area contributed by atoms with Crippen molar-refractivity contribution in [1.82, 2.24) is 9.88 Å². The van der Waals surface area contributed by atoms with Crippen LogP contribution in [-0.2, 0) is 14.6 Å². The van der Waals surface area contributed by atoms with Gasteiger partial charge in [-0.25, -0.2) is 13.4 Å². The summed E-state index contributed by atoms with van der Waals surface area (Å²) in [6, 6.07) is 14.1. The van der Waals surface area contributed by atoms with Crippen LogP contribution in [0.5, 0.6) is 11.5 Å². The highest BCUT2D eigenvalue weighted by molar-refractivity contribution is 7.91. The fourth-order valence-electron chi connectivity index (χ4n) is 4.49. The highest BCUT2D eigenvalue weighted by Gasteiger charge is 2.24. The molecule has 0 atom stereocenters. The molecular formula is C31H41N7O8S. The predicted molar refractivity (Wildman–Crippen MR) is 176 cm³/mol. The summed E-state index contributed by atoms with van der Waals surface area (Å²) in [4.78, 5) is 6.16. The average molecular weight is 672 g/mol.